The van der Waals surface area contributed by atoms with Gasteiger partial charge in [-0.05, 0) is 80.0 Å². The minimum Gasteiger partial charge on any atom is -0.489 e. The van der Waals surface area contributed by atoms with Crippen LogP contribution < -0.4 is 0 Å². The monoisotopic (exact) mass is 585 g/mol. The van der Waals surface area contributed by atoms with Crippen molar-refractivity contribution in [3.8, 4) is 11.3 Å². The number of aromatic nitrogens is 1. The van der Waals surface area contributed by atoms with Crippen molar-refractivity contribution >= 4 is 40.8 Å². The summed E-state index contributed by atoms with van der Waals surface area (Å²) in [7, 11) is 0. The average molecular weight is 587 g/mol. The Morgan fingerprint density at radius 3 is 2.36 bits per heavy atom. The molecule has 202 valence electrons. The normalized spacial score (nSPS) is 24.5. The molecule has 1 heterocycles. The molecule has 0 aliphatic heterocycles. The first-order valence-electron chi connectivity index (χ1n) is 12.9. The molecule has 0 spiro atoms. The number of hydrogen-bond donors (Lipinski definition) is 2. The number of hydrogen-bond acceptors (Lipinski definition) is 5. The molecule has 9 heteroatoms. The van der Waals surface area contributed by atoms with Gasteiger partial charge < -0.3 is 19.5 Å². The number of ether oxygens (including phenoxy) is 1. The van der Waals surface area contributed by atoms with Crippen LogP contribution in [0.4, 0.5) is 0 Å². The van der Waals surface area contributed by atoms with Gasteiger partial charge in [0, 0.05) is 22.4 Å². The highest BCUT2D eigenvalue weighted by Crippen LogP contribution is 2.53. The fourth-order valence-electron chi connectivity index (χ4n) is 5.63. The Kier molecular flexibility index (Phi) is 7.00. The van der Waals surface area contributed by atoms with Crippen molar-refractivity contribution in [2.45, 2.75) is 56.1 Å². The maximum absolute atomic E-state index is 11.3. The molecule has 3 aromatic rings. The summed E-state index contributed by atoms with van der Waals surface area (Å²) >= 11 is 19.6. The maximum Gasteiger partial charge on any atom is 0.335 e. The lowest BCUT2D eigenvalue weighted by Crippen LogP contribution is -2.49. The summed E-state index contributed by atoms with van der Waals surface area (Å²) in [6.07, 6.45) is 7.48. The molecule has 1 atom stereocenters. The Balaban J connectivity index is 1.13. The summed E-state index contributed by atoms with van der Waals surface area (Å²) in [5.41, 5.74) is 2.39. The van der Waals surface area contributed by atoms with Crippen LogP contribution in [-0.2, 0) is 11.3 Å². The summed E-state index contributed by atoms with van der Waals surface area (Å²) in [6, 6.07) is 12.2. The van der Waals surface area contributed by atoms with E-state index in [1.54, 1.807) is 36.4 Å². The summed E-state index contributed by atoms with van der Waals surface area (Å²) < 4.78 is 11.9. The lowest BCUT2D eigenvalue weighted by atomic mass is 9.61. The van der Waals surface area contributed by atoms with Gasteiger partial charge in [0.2, 0.25) is 0 Å². The number of carbonyl (C=O) groups is 1. The van der Waals surface area contributed by atoms with Crippen LogP contribution in [0.2, 0.25) is 10.0 Å². The van der Waals surface area contributed by atoms with Crippen LogP contribution in [0.15, 0.2) is 69.9 Å². The molecule has 39 heavy (non-hydrogen) atoms. The summed E-state index contributed by atoms with van der Waals surface area (Å²) in [5.74, 6) is 0.726. The van der Waals surface area contributed by atoms with Crippen molar-refractivity contribution in [3.63, 3.8) is 0 Å². The largest absolute Gasteiger partial charge is 0.489 e. The predicted molar refractivity (Wildman–Crippen MR) is 149 cm³/mol. The first-order chi connectivity index (χ1) is 18.7. The standard InChI is InChI=1S/C30H26Cl3NO5/c31-23-2-1-3-24(32)26(23)27-21(28(39-34-27)17-6-7-17)15-38-20-10-11-22(25(33)12-20)30(37)13-19(14-30)16-4-8-18(9-5-16)29(35)36/h1-5,8-10,12,17,19,22,37H,6-7,11,13-15H2,(H,35,36)/t19-,22?,30+. The molecule has 2 N–H and O–H groups in total. The lowest BCUT2D eigenvalue weighted by molar-refractivity contribution is -0.0836. The number of nitrogens with zero attached hydrogens (tertiary/aromatic N) is 1. The van der Waals surface area contributed by atoms with E-state index in [0.717, 1.165) is 29.7 Å². The van der Waals surface area contributed by atoms with Gasteiger partial charge in [-0.1, -0.05) is 58.2 Å². The van der Waals surface area contributed by atoms with Crippen LogP contribution in [-0.4, -0.2) is 26.9 Å². The number of aliphatic hydroxyl groups is 1. The summed E-state index contributed by atoms with van der Waals surface area (Å²) in [5, 5.41) is 26.3. The van der Waals surface area contributed by atoms with Gasteiger partial charge in [0.05, 0.1) is 26.8 Å². The second-order valence-electron chi connectivity index (χ2n) is 10.6. The van der Waals surface area contributed by atoms with E-state index in [-0.39, 0.29) is 24.0 Å². The second kappa shape index (κ2) is 10.3. The van der Waals surface area contributed by atoms with E-state index in [9.17, 15) is 9.90 Å². The molecule has 2 aromatic carbocycles. The third-order valence-corrected chi connectivity index (χ3v) is 9.00. The average Bonchev–Trinajstić information content (AvgIpc) is 3.66. The zero-order chi connectivity index (χ0) is 27.3. The Morgan fingerprint density at radius 1 is 1.05 bits per heavy atom. The lowest BCUT2D eigenvalue weighted by Gasteiger charge is -2.49. The molecule has 1 unspecified atom stereocenters. The van der Waals surface area contributed by atoms with Crippen molar-refractivity contribution < 1.29 is 24.3 Å². The fraction of sp³-hybridized carbons (Fsp3) is 0.333. The third-order valence-electron chi connectivity index (χ3n) is 7.99. The van der Waals surface area contributed by atoms with Crippen LogP contribution in [0, 0.1) is 5.92 Å². The molecule has 6 rings (SSSR count). The van der Waals surface area contributed by atoms with Crippen molar-refractivity contribution in [2.24, 2.45) is 5.92 Å². The van der Waals surface area contributed by atoms with Crippen molar-refractivity contribution in [3.05, 3.63) is 97.9 Å². The fourth-order valence-corrected chi connectivity index (χ4v) is 6.61. The van der Waals surface area contributed by atoms with Gasteiger partial charge in [-0.15, -0.1) is 0 Å². The Hall–Kier alpha value is -2.77. The highest BCUT2D eigenvalue weighted by Gasteiger charge is 2.50. The molecular formula is C30H26Cl3NO5. The number of rotatable bonds is 8. The second-order valence-corrected chi connectivity index (χ2v) is 11.8. The zero-order valence-electron chi connectivity index (χ0n) is 20.9. The number of benzene rings is 2. The first-order valence-corrected chi connectivity index (χ1v) is 14.1. The molecular weight excluding hydrogens is 561 g/mol. The SMILES string of the molecule is O=C(O)c1ccc([C@H]2C[C@](O)(C3CC=C(OCc4c(-c5c(Cl)cccc5Cl)noc4C4CC4)C=C3Cl)C2)cc1. The number of halogens is 3. The molecule has 2 saturated carbocycles. The van der Waals surface area contributed by atoms with E-state index >= 15 is 0 Å². The first kappa shape index (κ1) is 26.5. The molecule has 0 saturated heterocycles. The topological polar surface area (TPSA) is 92.8 Å². The van der Waals surface area contributed by atoms with E-state index in [1.807, 2.05) is 18.2 Å². The van der Waals surface area contributed by atoms with Gasteiger partial charge in [-0.2, -0.15) is 0 Å². The number of carboxylic acid groups (broad SMARTS) is 1. The molecule has 2 fully saturated rings. The highest BCUT2D eigenvalue weighted by molar-refractivity contribution is 6.39. The summed E-state index contributed by atoms with van der Waals surface area (Å²) in [4.78, 5) is 11.1. The van der Waals surface area contributed by atoms with Gasteiger partial charge in [0.15, 0.2) is 0 Å². The number of allylic oxidation sites excluding steroid dienone is 2. The van der Waals surface area contributed by atoms with E-state index < -0.39 is 11.6 Å². The van der Waals surface area contributed by atoms with Gasteiger partial charge in [0.25, 0.3) is 0 Å². The molecule has 1 aromatic heterocycles. The minimum absolute atomic E-state index is 0.161. The van der Waals surface area contributed by atoms with Crippen LogP contribution in [0.25, 0.3) is 11.3 Å². The third kappa shape index (κ3) is 5.11. The Bertz CT molecular complexity index is 1460. The molecule has 0 radical (unpaired) electrons. The molecule has 3 aliphatic carbocycles. The van der Waals surface area contributed by atoms with E-state index in [4.69, 9.17) is 49.2 Å². The van der Waals surface area contributed by atoms with Crippen molar-refractivity contribution in [2.75, 3.05) is 0 Å². The Labute approximate surface area is 240 Å². The quantitative estimate of drug-likeness (QED) is 0.277. The number of carboxylic acids is 1. The van der Waals surface area contributed by atoms with Gasteiger partial charge in [0.1, 0.15) is 23.8 Å². The Morgan fingerprint density at radius 2 is 1.74 bits per heavy atom. The van der Waals surface area contributed by atoms with Crippen LogP contribution >= 0.6 is 34.8 Å². The van der Waals surface area contributed by atoms with Crippen molar-refractivity contribution in [1.82, 2.24) is 5.16 Å². The van der Waals surface area contributed by atoms with Gasteiger partial charge in [-0.25, -0.2) is 4.79 Å². The number of aromatic carboxylic acids is 1. The summed E-state index contributed by atoms with van der Waals surface area (Å²) in [6.45, 7) is 0.224. The predicted octanol–water partition coefficient (Wildman–Crippen LogP) is 8.08. The van der Waals surface area contributed by atoms with Crippen LogP contribution in [0.3, 0.4) is 0 Å². The van der Waals surface area contributed by atoms with E-state index in [2.05, 4.69) is 5.16 Å². The van der Waals surface area contributed by atoms with E-state index in [0.29, 0.717) is 57.3 Å². The molecule has 6 nitrogen and oxygen atoms in total. The minimum atomic E-state index is -0.952. The smallest absolute Gasteiger partial charge is 0.335 e. The zero-order valence-corrected chi connectivity index (χ0v) is 23.1. The van der Waals surface area contributed by atoms with Crippen molar-refractivity contribution in [1.29, 1.82) is 0 Å². The molecule has 0 bridgehead atoms. The van der Waals surface area contributed by atoms with Crippen LogP contribution in [0.5, 0.6) is 0 Å². The molecule has 0 amide bonds. The van der Waals surface area contributed by atoms with Gasteiger partial charge >= 0.3 is 5.97 Å². The molecule has 3 aliphatic rings. The van der Waals surface area contributed by atoms with Crippen LogP contribution in [0.1, 0.15) is 71.2 Å². The van der Waals surface area contributed by atoms with E-state index in [1.165, 1.54) is 0 Å². The highest BCUT2D eigenvalue weighted by atomic mass is 35.5. The maximum atomic E-state index is 11.3. The van der Waals surface area contributed by atoms with Gasteiger partial charge in [-0.3, -0.25) is 0 Å².